The normalized spacial score (nSPS) is 11.8. The van der Waals surface area contributed by atoms with Crippen LogP contribution >= 0.6 is 11.8 Å². The summed E-state index contributed by atoms with van der Waals surface area (Å²) in [4.78, 5) is 77.4. The highest BCUT2D eigenvalue weighted by molar-refractivity contribution is 7.98. The first kappa shape index (κ1) is 38.6. The maximum absolute atomic E-state index is 12.0. The number of hydrogen-bond donors (Lipinski definition) is 4. The Morgan fingerprint density at radius 1 is 0.854 bits per heavy atom. The number of aromatic amines is 1. The number of aliphatic imine (C=N–C) groups is 1. The molecule has 0 amide bonds. The van der Waals surface area contributed by atoms with E-state index in [9.17, 15) is 28.8 Å². The van der Waals surface area contributed by atoms with Gasteiger partial charge >= 0.3 is 23.9 Å². The number of Topliss-reactive ketones (excluding diaryl/α,β-unsaturated/α-hetero) is 1. The lowest BCUT2D eigenvalue weighted by molar-refractivity contribution is -0.140. The summed E-state index contributed by atoms with van der Waals surface area (Å²) in [5.41, 5.74) is 8.58. The molecular formula is C33H36N4O10S. The first-order chi connectivity index (χ1) is 22.9. The van der Waals surface area contributed by atoms with Gasteiger partial charge in [0.25, 0.3) is 5.56 Å². The van der Waals surface area contributed by atoms with Crippen molar-refractivity contribution >= 4 is 52.8 Å². The summed E-state index contributed by atoms with van der Waals surface area (Å²) < 4.78 is 9.48. The molecule has 3 aromatic rings. The van der Waals surface area contributed by atoms with Crippen molar-refractivity contribution in [2.45, 2.75) is 44.7 Å². The molecule has 14 nitrogen and oxygen atoms in total. The molecular weight excluding hydrogens is 644 g/mol. The Kier molecular flexibility index (Phi) is 16.0. The van der Waals surface area contributed by atoms with Gasteiger partial charge in [0.1, 0.15) is 11.1 Å². The minimum atomic E-state index is -0.878. The van der Waals surface area contributed by atoms with Crippen molar-refractivity contribution in [2.24, 2.45) is 4.99 Å². The van der Waals surface area contributed by atoms with E-state index in [-0.39, 0.29) is 49.4 Å². The quantitative estimate of drug-likeness (QED) is 0.0750. The summed E-state index contributed by atoms with van der Waals surface area (Å²) in [6.45, 7) is 3.80. The summed E-state index contributed by atoms with van der Waals surface area (Å²) in [7, 11) is 0. The van der Waals surface area contributed by atoms with Crippen molar-refractivity contribution < 1.29 is 43.7 Å². The third-order valence-electron chi connectivity index (χ3n) is 6.12. The van der Waals surface area contributed by atoms with E-state index in [4.69, 9.17) is 20.7 Å². The van der Waals surface area contributed by atoms with E-state index in [0.717, 1.165) is 11.1 Å². The zero-order chi connectivity index (χ0) is 35.6. The number of rotatable bonds is 11. The smallest absolute Gasteiger partial charge is 0.345 e. The molecule has 0 fully saturated rings. The van der Waals surface area contributed by atoms with Gasteiger partial charge in [-0.3, -0.25) is 24.2 Å². The number of H-pyrrole nitrogens is 1. The van der Waals surface area contributed by atoms with E-state index in [2.05, 4.69) is 19.7 Å². The van der Waals surface area contributed by atoms with Crippen LogP contribution in [0.5, 0.6) is 0 Å². The maximum atomic E-state index is 12.0. The van der Waals surface area contributed by atoms with Gasteiger partial charge in [-0.05, 0) is 48.9 Å². The lowest BCUT2D eigenvalue weighted by atomic mass is 9.98. The second kappa shape index (κ2) is 19.8. The fraction of sp³-hybridized carbons (Fsp3) is 0.273. The predicted molar refractivity (Wildman–Crippen MR) is 178 cm³/mol. The molecule has 48 heavy (non-hydrogen) atoms. The zero-order valence-corrected chi connectivity index (χ0v) is 27.4. The number of benzene rings is 2. The molecule has 5 N–H and O–H groups in total. The van der Waals surface area contributed by atoms with E-state index < -0.39 is 29.4 Å². The monoisotopic (exact) mass is 680 g/mol. The number of thioether (sulfide) groups is 1. The summed E-state index contributed by atoms with van der Waals surface area (Å²) in [6, 6.07) is 13.9. The molecule has 2 heterocycles. The lowest BCUT2D eigenvalue weighted by Crippen LogP contribution is -2.22. The van der Waals surface area contributed by atoms with Gasteiger partial charge in [0.2, 0.25) is 0 Å². The van der Waals surface area contributed by atoms with Crippen LogP contribution in [0.15, 0.2) is 81.4 Å². The van der Waals surface area contributed by atoms with Crippen LogP contribution in [-0.4, -0.2) is 75.0 Å². The van der Waals surface area contributed by atoms with Crippen molar-refractivity contribution in [3.63, 3.8) is 0 Å². The van der Waals surface area contributed by atoms with Crippen molar-refractivity contribution in [1.29, 1.82) is 0 Å². The van der Waals surface area contributed by atoms with Crippen LogP contribution in [0.2, 0.25) is 0 Å². The minimum Gasteiger partial charge on any atom is -0.481 e. The zero-order valence-electron chi connectivity index (χ0n) is 26.6. The average molecular weight is 681 g/mol. The number of carboxylic acid groups (broad SMARTS) is 2. The number of carbonyl (C=O) groups is 5. The highest BCUT2D eigenvalue weighted by atomic mass is 32.2. The summed E-state index contributed by atoms with van der Waals surface area (Å²) in [6.07, 6.45) is 4.86. The molecule has 0 atom stereocenters. The molecule has 0 bridgehead atoms. The molecule has 2 aromatic carbocycles. The Balaban J connectivity index is 0.000000273. The van der Waals surface area contributed by atoms with Gasteiger partial charge in [0, 0.05) is 30.2 Å². The summed E-state index contributed by atoms with van der Waals surface area (Å²) in [5.74, 6) is -3.28. The number of nitrogens with zero attached hydrogens (tertiary/aromatic N) is 2. The standard InChI is InChI=1S/C17H17NO5.C8H10N2O3S.C8H9NO2/c1-2-23-17(22)14-10-18-13(9-15(14)19)7-11-3-5-12(6-4-11)8-16(20)21;1-3-13-7(12)5-4-9-8(14-2)10-6(5)11;9-7-3-1-6(2-4-7)5-8(10)11/h3-6,10H,2,7-9H2,1H3,(H,20,21);4H,3H2,1-2H3,(H,9,10,11);1-4H,5,9H2,(H,10,11). The van der Waals surface area contributed by atoms with Crippen LogP contribution in [0, 0.1) is 0 Å². The van der Waals surface area contributed by atoms with Crippen molar-refractivity contribution in [1.82, 2.24) is 9.97 Å². The summed E-state index contributed by atoms with van der Waals surface area (Å²) >= 11 is 1.30. The van der Waals surface area contributed by atoms with Crippen molar-refractivity contribution in [3.8, 4) is 0 Å². The van der Waals surface area contributed by atoms with Crippen LogP contribution in [0.4, 0.5) is 5.69 Å². The molecule has 15 heteroatoms. The topological polar surface area (TPSA) is 228 Å². The highest BCUT2D eigenvalue weighted by Gasteiger charge is 2.24. The number of nitrogen functional groups attached to an aromatic ring is 1. The number of ether oxygens (including phenoxy) is 2. The number of carboxylic acids is 2. The minimum absolute atomic E-state index is 0.0209. The van der Waals surface area contributed by atoms with E-state index >= 15 is 0 Å². The van der Waals surface area contributed by atoms with Crippen LogP contribution in [0.25, 0.3) is 0 Å². The molecule has 1 aromatic heterocycles. The fourth-order valence-corrected chi connectivity index (χ4v) is 4.22. The largest absolute Gasteiger partial charge is 0.481 e. The molecule has 1 aliphatic rings. The Bertz CT molecular complexity index is 1720. The number of aromatic nitrogens is 2. The van der Waals surface area contributed by atoms with Gasteiger partial charge in [0.05, 0.1) is 32.5 Å². The predicted octanol–water partition coefficient (Wildman–Crippen LogP) is 3.28. The number of nitrogens with two attached hydrogens (primary N) is 1. The molecule has 1 aliphatic heterocycles. The third kappa shape index (κ3) is 13.4. The molecule has 0 spiro atoms. The van der Waals surface area contributed by atoms with Gasteiger partial charge in [0.15, 0.2) is 10.9 Å². The molecule has 0 saturated heterocycles. The highest BCUT2D eigenvalue weighted by Crippen LogP contribution is 2.15. The molecule has 0 radical (unpaired) electrons. The number of ketones is 1. The number of carbonyl (C=O) groups excluding carboxylic acids is 3. The summed E-state index contributed by atoms with van der Waals surface area (Å²) in [5, 5.41) is 17.6. The molecule has 4 rings (SSSR count). The molecule has 0 aliphatic carbocycles. The second-order valence-corrected chi connectivity index (χ2v) is 10.6. The van der Waals surface area contributed by atoms with Gasteiger partial charge < -0.3 is 30.4 Å². The first-order valence-electron chi connectivity index (χ1n) is 14.5. The van der Waals surface area contributed by atoms with E-state index in [1.54, 1.807) is 56.5 Å². The lowest BCUT2D eigenvalue weighted by Gasteiger charge is -2.12. The van der Waals surface area contributed by atoms with Gasteiger partial charge in [-0.25, -0.2) is 14.6 Å². The Hall–Kier alpha value is -5.57. The van der Waals surface area contributed by atoms with Crippen molar-refractivity contribution in [2.75, 3.05) is 25.2 Å². The van der Waals surface area contributed by atoms with Crippen LogP contribution < -0.4 is 11.3 Å². The van der Waals surface area contributed by atoms with Crippen molar-refractivity contribution in [3.05, 3.63) is 99.1 Å². The Labute approximate surface area is 280 Å². The van der Waals surface area contributed by atoms with Crippen LogP contribution in [0.1, 0.15) is 47.3 Å². The maximum Gasteiger partial charge on any atom is 0.345 e. The second-order valence-electron chi connectivity index (χ2n) is 9.79. The Morgan fingerprint density at radius 3 is 1.85 bits per heavy atom. The van der Waals surface area contributed by atoms with Crippen LogP contribution in [0.3, 0.4) is 0 Å². The van der Waals surface area contributed by atoms with Gasteiger partial charge in [-0.1, -0.05) is 48.2 Å². The van der Waals surface area contributed by atoms with Gasteiger partial charge in [-0.2, -0.15) is 0 Å². The number of esters is 2. The number of hydrogen-bond acceptors (Lipinski definition) is 12. The van der Waals surface area contributed by atoms with E-state index in [1.807, 2.05) is 12.1 Å². The van der Waals surface area contributed by atoms with E-state index in [1.165, 1.54) is 24.2 Å². The number of aliphatic carboxylic acids is 2. The SMILES string of the molecule is CCOC(=O)C1=CN=C(Cc2ccc(CC(=O)O)cc2)CC1=O.CCOC(=O)c1cnc(SC)[nH]c1=O.Nc1ccc(CC(=O)O)cc1. The number of nitrogens with one attached hydrogen (secondary N) is 1. The van der Waals surface area contributed by atoms with Gasteiger partial charge in [-0.15, -0.1) is 0 Å². The molecule has 254 valence electrons. The Morgan fingerprint density at radius 2 is 1.38 bits per heavy atom. The third-order valence-corrected chi connectivity index (χ3v) is 6.72. The average Bonchev–Trinajstić information content (AvgIpc) is 3.03. The fourth-order valence-electron chi connectivity index (χ4n) is 3.87. The van der Waals surface area contributed by atoms with E-state index in [0.29, 0.717) is 28.5 Å². The first-order valence-corrected chi connectivity index (χ1v) is 15.7. The molecule has 0 unspecified atom stereocenters. The molecule has 0 saturated carbocycles. The van der Waals surface area contributed by atoms with Crippen LogP contribution in [-0.2, 0) is 47.9 Å². The number of anilines is 1.